The van der Waals surface area contributed by atoms with Crippen molar-refractivity contribution >= 4 is 23.5 Å². The molecule has 0 aromatic heterocycles. The molecule has 0 radical (unpaired) electrons. The standard InChI is InChI=1S/C16H20N2O4/c1-2-14(19)18-9-4-3-8-13(18)15(20)17-12-7-5-6-11(10-12)16(21)22/h5-7,10,13H,2-4,8-9H2,1H3,(H,17,20)(H,21,22). The fraction of sp³-hybridized carbons (Fsp3) is 0.438. The maximum absolute atomic E-state index is 12.4. The lowest BCUT2D eigenvalue weighted by Crippen LogP contribution is -2.49. The van der Waals surface area contributed by atoms with E-state index < -0.39 is 12.0 Å². The van der Waals surface area contributed by atoms with E-state index in [4.69, 9.17) is 5.11 Å². The Kier molecular flexibility index (Phi) is 5.14. The first-order valence-corrected chi connectivity index (χ1v) is 7.46. The highest BCUT2D eigenvalue weighted by atomic mass is 16.4. The van der Waals surface area contributed by atoms with E-state index in [2.05, 4.69) is 5.32 Å². The molecule has 0 bridgehead atoms. The second kappa shape index (κ2) is 7.06. The predicted octanol–water partition coefficient (Wildman–Crippen LogP) is 2.11. The van der Waals surface area contributed by atoms with Crippen molar-refractivity contribution in [3.63, 3.8) is 0 Å². The fourth-order valence-electron chi connectivity index (χ4n) is 2.66. The van der Waals surface area contributed by atoms with Crippen LogP contribution in [0.3, 0.4) is 0 Å². The van der Waals surface area contributed by atoms with E-state index in [1.165, 1.54) is 12.1 Å². The number of amides is 2. The van der Waals surface area contributed by atoms with Crippen LogP contribution in [0.5, 0.6) is 0 Å². The predicted molar refractivity (Wildman–Crippen MR) is 81.7 cm³/mol. The molecule has 0 spiro atoms. The van der Waals surface area contributed by atoms with Gasteiger partial charge in [0.15, 0.2) is 0 Å². The summed E-state index contributed by atoms with van der Waals surface area (Å²) in [4.78, 5) is 37.0. The van der Waals surface area contributed by atoms with Gasteiger partial charge in [0.2, 0.25) is 11.8 Å². The van der Waals surface area contributed by atoms with E-state index in [1.807, 2.05) is 0 Å². The molecule has 1 heterocycles. The quantitative estimate of drug-likeness (QED) is 0.892. The molecule has 2 amide bonds. The largest absolute Gasteiger partial charge is 0.478 e. The molecule has 1 aromatic rings. The summed E-state index contributed by atoms with van der Waals surface area (Å²) in [7, 11) is 0. The molecule has 2 N–H and O–H groups in total. The van der Waals surface area contributed by atoms with Crippen molar-refractivity contribution in [3.05, 3.63) is 29.8 Å². The fourth-order valence-corrected chi connectivity index (χ4v) is 2.66. The number of hydrogen-bond donors (Lipinski definition) is 2. The van der Waals surface area contributed by atoms with Crippen molar-refractivity contribution in [2.24, 2.45) is 0 Å². The van der Waals surface area contributed by atoms with E-state index in [0.29, 0.717) is 25.1 Å². The summed E-state index contributed by atoms with van der Waals surface area (Å²) in [5, 5.41) is 11.7. The summed E-state index contributed by atoms with van der Waals surface area (Å²) in [6.45, 7) is 2.38. The summed E-state index contributed by atoms with van der Waals surface area (Å²) in [6, 6.07) is 5.61. The van der Waals surface area contributed by atoms with Crippen LogP contribution in [0.2, 0.25) is 0 Å². The number of piperidine rings is 1. The average Bonchev–Trinajstić information content (AvgIpc) is 2.54. The summed E-state index contributed by atoms with van der Waals surface area (Å²) in [5.41, 5.74) is 0.544. The normalized spacial score (nSPS) is 17.9. The number of nitrogens with one attached hydrogen (secondary N) is 1. The van der Waals surface area contributed by atoms with Crippen molar-refractivity contribution in [2.75, 3.05) is 11.9 Å². The lowest BCUT2D eigenvalue weighted by atomic mass is 10.0. The summed E-state index contributed by atoms with van der Waals surface area (Å²) in [6.07, 6.45) is 2.82. The van der Waals surface area contributed by atoms with Gasteiger partial charge in [-0.1, -0.05) is 13.0 Å². The van der Waals surface area contributed by atoms with E-state index in [-0.39, 0.29) is 17.4 Å². The molecular formula is C16H20N2O4. The molecule has 1 aliphatic heterocycles. The van der Waals surface area contributed by atoms with Crippen LogP contribution in [0.1, 0.15) is 43.0 Å². The molecular weight excluding hydrogens is 284 g/mol. The van der Waals surface area contributed by atoms with Crippen LogP contribution in [0.25, 0.3) is 0 Å². The van der Waals surface area contributed by atoms with Gasteiger partial charge in [0.25, 0.3) is 0 Å². The topological polar surface area (TPSA) is 86.7 Å². The molecule has 6 nitrogen and oxygen atoms in total. The zero-order valence-electron chi connectivity index (χ0n) is 12.5. The zero-order chi connectivity index (χ0) is 16.1. The number of carbonyl (C=O) groups excluding carboxylic acids is 2. The van der Waals surface area contributed by atoms with E-state index >= 15 is 0 Å². The van der Waals surface area contributed by atoms with Gasteiger partial charge in [-0.05, 0) is 37.5 Å². The van der Waals surface area contributed by atoms with E-state index in [1.54, 1.807) is 24.0 Å². The molecule has 2 rings (SSSR count). The number of rotatable bonds is 4. The molecule has 0 saturated carbocycles. The van der Waals surface area contributed by atoms with Crippen molar-refractivity contribution in [1.82, 2.24) is 4.90 Å². The molecule has 1 fully saturated rings. The summed E-state index contributed by atoms with van der Waals surface area (Å²) in [5.74, 6) is -1.33. The molecule has 1 aromatic carbocycles. The Hall–Kier alpha value is -2.37. The third-order valence-electron chi connectivity index (χ3n) is 3.81. The molecule has 1 aliphatic rings. The van der Waals surface area contributed by atoms with Crippen LogP contribution < -0.4 is 5.32 Å². The highest BCUT2D eigenvalue weighted by Crippen LogP contribution is 2.20. The van der Waals surface area contributed by atoms with E-state index in [9.17, 15) is 14.4 Å². The highest BCUT2D eigenvalue weighted by Gasteiger charge is 2.31. The highest BCUT2D eigenvalue weighted by molar-refractivity contribution is 5.98. The third kappa shape index (κ3) is 3.63. The number of likely N-dealkylation sites (tertiary alicyclic amines) is 1. The van der Waals surface area contributed by atoms with Crippen LogP contribution in [0.15, 0.2) is 24.3 Å². The van der Waals surface area contributed by atoms with Crippen LogP contribution in [-0.2, 0) is 9.59 Å². The Labute approximate surface area is 129 Å². The smallest absolute Gasteiger partial charge is 0.335 e. The Morgan fingerprint density at radius 3 is 2.77 bits per heavy atom. The molecule has 6 heteroatoms. The molecule has 1 unspecified atom stereocenters. The number of carboxylic acids is 1. The first-order chi connectivity index (χ1) is 10.5. The van der Waals surface area contributed by atoms with Crippen LogP contribution in [0, 0.1) is 0 Å². The lowest BCUT2D eigenvalue weighted by molar-refractivity contribution is -0.140. The molecule has 118 valence electrons. The molecule has 0 aliphatic carbocycles. The third-order valence-corrected chi connectivity index (χ3v) is 3.81. The summed E-state index contributed by atoms with van der Waals surface area (Å²) >= 11 is 0. The SMILES string of the molecule is CCC(=O)N1CCCCC1C(=O)Nc1cccc(C(=O)O)c1. The Morgan fingerprint density at radius 1 is 1.32 bits per heavy atom. The minimum Gasteiger partial charge on any atom is -0.478 e. The molecule has 1 atom stereocenters. The lowest BCUT2D eigenvalue weighted by Gasteiger charge is -2.34. The number of aromatic carboxylic acids is 1. The van der Waals surface area contributed by atoms with Gasteiger partial charge in [0, 0.05) is 18.7 Å². The van der Waals surface area contributed by atoms with Crippen LogP contribution in [-0.4, -0.2) is 40.4 Å². The van der Waals surface area contributed by atoms with Crippen molar-refractivity contribution in [3.8, 4) is 0 Å². The van der Waals surface area contributed by atoms with Crippen molar-refractivity contribution in [1.29, 1.82) is 0 Å². The van der Waals surface area contributed by atoms with Gasteiger partial charge in [0.05, 0.1) is 5.56 Å². The van der Waals surface area contributed by atoms with E-state index in [0.717, 1.165) is 12.8 Å². The number of anilines is 1. The van der Waals surface area contributed by atoms with Gasteiger partial charge in [0.1, 0.15) is 6.04 Å². The first-order valence-electron chi connectivity index (χ1n) is 7.46. The van der Waals surface area contributed by atoms with Gasteiger partial charge in [-0.2, -0.15) is 0 Å². The van der Waals surface area contributed by atoms with Gasteiger partial charge in [-0.15, -0.1) is 0 Å². The molecule has 22 heavy (non-hydrogen) atoms. The first kappa shape index (κ1) is 16.0. The van der Waals surface area contributed by atoms with Crippen molar-refractivity contribution < 1.29 is 19.5 Å². The monoisotopic (exact) mass is 304 g/mol. The molecule has 1 saturated heterocycles. The Balaban J connectivity index is 2.11. The Bertz CT molecular complexity index is 585. The minimum absolute atomic E-state index is 0.0286. The summed E-state index contributed by atoms with van der Waals surface area (Å²) < 4.78 is 0. The van der Waals surface area contributed by atoms with Gasteiger partial charge >= 0.3 is 5.97 Å². The maximum Gasteiger partial charge on any atom is 0.335 e. The van der Waals surface area contributed by atoms with Crippen molar-refractivity contribution in [2.45, 2.75) is 38.6 Å². The minimum atomic E-state index is -1.04. The van der Waals surface area contributed by atoms with Crippen LogP contribution >= 0.6 is 0 Å². The second-order valence-electron chi connectivity index (χ2n) is 5.33. The average molecular weight is 304 g/mol. The van der Waals surface area contributed by atoms with Gasteiger partial charge < -0.3 is 15.3 Å². The zero-order valence-corrected chi connectivity index (χ0v) is 12.5. The van der Waals surface area contributed by atoms with Gasteiger partial charge in [-0.3, -0.25) is 9.59 Å². The number of nitrogens with zero attached hydrogens (tertiary/aromatic N) is 1. The van der Waals surface area contributed by atoms with Crippen LogP contribution in [0.4, 0.5) is 5.69 Å². The number of hydrogen-bond acceptors (Lipinski definition) is 3. The van der Waals surface area contributed by atoms with Gasteiger partial charge in [-0.25, -0.2) is 4.79 Å². The number of carboxylic acid groups (broad SMARTS) is 1. The number of carbonyl (C=O) groups is 3. The second-order valence-corrected chi connectivity index (χ2v) is 5.33. The number of benzene rings is 1. The maximum atomic E-state index is 12.4. The Morgan fingerprint density at radius 2 is 2.09 bits per heavy atom.